The minimum absolute atomic E-state index is 0.0716. The lowest BCUT2D eigenvalue weighted by molar-refractivity contribution is 0.0979. The number of pyridine rings is 1. The molecular formula is C12H14NO2. The summed E-state index contributed by atoms with van der Waals surface area (Å²) in [6, 6.07) is 3.12. The van der Waals surface area contributed by atoms with E-state index in [1.165, 1.54) is 12.3 Å². The maximum absolute atomic E-state index is 11.6. The number of ketones is 1. The van der Waals surface area contributed by atoms with Crippen molar-refractivity contribution in [2.45, 2.75) is 32.6 Å². The highest BCUT2D eigenvalue weighted by atomic mass is 16.1. The number of hydrogen-bond acceptors (Lipinski definition) is 3. The molecule has 0 atom stereocenters. The molecule has 0 saturated heterocycles. The van der Waals surface area contributed by atoms with Crippen molar-refractivity contribution in [2.24, 2.45) is 0 Å². The first-order valence-electron chi connectivity index (χ1n) is 5.15. The first-order valence-corrected chi connectivity index (χ1v) is 5.15. The van der Waals surface area contributed by atoms with Crippen LogP contribution in [0.1, 0.15) is 48.7 Å². The summed E-state index contributed by atoms with van der Waals surface area (Å²) in [4.78, 5) is 25.7. The van der Waals surface area contributed by atoms with Gasteiger partial charge >= 0.3 is 0 Å². The van der Waals surface area contributed by atoms with E-state index in [0.29, 0.717) is 12.0 Å². The van der Waals surface area contributed by atoms with Gasteiger partial charge in [-0.15, -0.1) is 0 Å². The van der Waals surface area contributed by atoms with Crippen LogP contribution >= 0.6 is 0 Å². The Morgan fingerprint density at radius 1 is 1.47 bits per heavy atom. The fourth-order valence-electron chi connectivity index (χ4n) is 1.34. The highest BCUT2D eigenvalue weighted by molar-refractivity contribution is 5.96. The quantitative estimate of drug-likeness (QED) is 0.527. The van der Waals surface area contributed by atoms with E-state index in [9.17, 15) is 9.59 Å². The van der Waals surface area contributed by atoms with Gasteiger partial charge in [-0.25, -0.2) is 0 Å². The molecule has 3 nitrogen and oxygen atoms in total. The Hall–Kier alpha value is -1.51. The van der Waals surface area contributed by atoms with Gasteiger partial charge in [-0.1, -0.05) is 19.8 Å². The van der Waals surface area contributed by atoms with Crippen molar-refractivity contribution in [1.82, 2.24) is 4.98 Å². The number of hydrogen-bond donors (Lipinski definition) is 0. The van der Waals surface area contributed by atoms with Crippen LogP contribution in [0, 0.1) is 0 Å². The van der Waals surface area contributed by atoms with E-state index in [1.54, 1.807) is 12.4 Å². The number of unbranched alkanes of at least 4 members (excludes halogenated alkanes) is 2. The van der Waals surface area contributed by atoms with Gasteiger partial charge in [0.05, 0.1) is 0 Å². The fraction of sp³-hybridized carbons (Fsp3) is 0.417. The Morgan fingerprint density at radius 3 is 2.93 bits per heavy atom. The maximum Gasteiger partial charge on any atom is 0.253 e. The fourth-order valence-corrected chi connectivity index (χ4v) is 1.34. The summed E-state index contributed by atoms with van der Waals surface area (Å²) >= 11 is 0. The van der Waals surface area contributed by atoms with E-state index in [4.69, 9.17) is 0 Å². The Morgan fingerprint density at radius 2 is 2.27 bits per heavy atom. The van der Waals surface area contributed by atoms with E-state index < -0.39 is 0 Å². The molecule has 0 aromatic carbocycles. The zero-order valence-electron chi connectivity index (χ0n) is 8.82. The summed E-state index contributed by atoms with van der Waals surface area (Å²) in [6.07, 6.45) is 6.73. The van der Waals surface area contributed by atoms with E-state index in [0.717, 1.165) is 19.3 Å². The molecule has 1 rings (SSSR count). The molecule has 3 heteroatoms. The maximum atomic E-state index is 11.6. The molecule has 0 N–H and O–H groups in total. The van der Waals surface area contributed by atoms with Crippen LogP contribution in [0.4, 0.5) is 0 Å². The zero-order valence-corrected chi connectivity index (χ0v) is 8.82. The number of Topliss-reactive ketones (excluding diaryl/α,β-unsaturated/α-hetero) is 1. The molecule has 1 aromatic heterocycles. The second kappa shape index (κ2) is 6.06. The molecule has 1 aromatic rings. The van der Waals surface area contributed by atoms with Crippen LogP contribution in [0.15, 0.2) is 18.3 Å². The minimum atomic E-state index is 0.0716. The summed E-state index contributed by atoms with van der Waals surface area (Å²) in [7, 11) is 0. The third kappa shape index (κ3) is 3.62. The number of carbonyl (C=O) groups excluding carboxylic acids is 2. The number of rotatable bonds is 6. The van der Waals surface area contributed by atoms with Crippen LogP contribution in [0.5, 0.6) is 0 Å². The van der Waals surface area contributed by atoms with Gasteiger partial charge in [-0.05, 0) is 18.6 Å². The van der Waals surface area contributed by atoms with Crippen LogP contribution < -0.4 is 0 Å². The molecule has 0 aliphatic rings. The lowest BCUT2D eigenvalue weighted by Crippen LogP contribution is -2.00. The molecule has 0 bridgehead atoms. The topological polar surface area (TPSA) is 47.0 Å². The molecule has 1 radical (unpaired) electrons. The molecule has 0 unspecified atom stereocenters. The normalized spacial score (nSPS) is 9.93. The van der Waals surface area contributed by atoms with Crippen molar-refractivity contribution in [3.63, 3.8) is 0 Å². The summed E-state index contributed by atoms with van der Waals surface area (Å²) < 4.78 is 0. The highest BCUT2D eigenvalue weighted by Crippen LogP contribution is 2.08. The van der Waals surface area contributed by atoms with Gasteiger partial charge in [0.25, 0.3) is 6.29 Å². The molecule has 0 fully saturated rings. The molecule has 0 amide bonds. The third-order valence-corrected chi connectivity index (χ3v) is 2.19. The van der Waals surface area contributed by atoms with Crippen molar-refractivity contribution in [1.29, 1.82) is 0 Å². The van der Waals surface area contributed by atoms with Gasteiger partial charge in [-0.2, -0.15) is 0 Å². The predicted octanol–water partition coefficient (Wildman–Crippen LogP) is 2.30. The summed E-state index contributed by atoms with van der Waals surface area (Å²) in [5.41, 5.74) is 0.746. The van der Waals surface area contributed by atoms with Gasteiger partial charge < -0.3 is 0 Å². The average molecular weight is 204 g/mol. The minimum Gasteiger partial charge on any atom is -0.294 e. The molecule has 79 valence electrons. The van der Waals surface area contributed by atoms with Gasteiger partial charge in [0.2, 0.25) is 0 Å². The number of carbonyl (C=O) groups is 1. The Kier molecular flexibility index (Phi) is 4.68. The van der Waals surface area contributed by atoms with E-state index in [-0.39, 0.29) is 11.5 Å². The van der Waals surface area contributed by atoms with Gasteiger partial charge in [-0.3, -0.25) is 14.6 Å². The van der Waals surface area contributed by atoms with Crippen molar-refractivity contribution < 1.29 is 9.59 Å². The lowest BCUT2D eigenvalue weighted by atomic mass is 10.1. The molecular weight excluding hydrogens is 190 g/mol. The van der Waals surface area contributed by atoms with Crippen LogP contribution in [-0.4, -0.2) is 17.1 Å². The lowest BCUT2D eigenvalue weighted by Gasteiger charge is -2.00. The Balaban J connectivity index is 2.61. The molecule has 0 aliphatic carbocycles. The van der Waals surface area contributed by atoms with Gasteiger partial charge in [0.1, 0.15) is 5.69 Å². The number of nitrogens with zero attached hydrogens (tertiary/aromatic N) is 1. The molecule has 1 heterocycles. The first-order chi connectivity index (χ1) is 7.27. The van der Waals surface area contributed by atoms with Crippen molar-refractivity contribution >= 4 is 12.1 Å². The van der Waals surface area contributed by atoms with Crippen molar-refractivity contribution in [3.8, 4) is 0 Å². The van der Waals surface area contributed by atoms with Crippen molar-refractivity contribution in [2.75, 3.05) is 0 Å². The second-order valence-electron chi connectivity index (χ2n) is 3.41. The van der Waals surface area contributed by atoms with E-state index in [2.05, 4.69) is 11.9 Å². The standard InChI is InChI=1S/C12H14NO2/c1-2-3-4-5-12(15)10-6-7-13-11(8-10)9-14/h6-8H,2-5H2,1H3. The SMILES string of the molecule is CCCCCC(=O)c1ccnc([C]=O)c1. The van der Waals surface area contributed by atoms with Crippen LogP contribution in [0.3, 0.4) is 0 Å². The molecule has 0 aliphatic heterocycles. The number of aromatic nitrogens is 1. The smallest absolute Gasteiger partial charge is 0.253 e. The average Bonchev–Trinajstić information content (AvgIpc) is 2.29. The Labute approximate surface area is 89.5 Å². The Bertz CT molecular complexity index is 347. The first kappa shape index (κ1) is 11.6. The second-order valence-corrected chi connectivity index (χ2v) is 3.41. The summed E-state index contributed by atoms with van der Waals surface area (Å²) in [5, 5.41) is 0. The third-order valence-electron chi connectivity index (χ3n) is 2.19. The predicted molar refractivity (Wildman–Crippen MR) is 57.5 cm³/mol. The van der Waals surface area contributed by atoms with Crippen LogP contribution in [0.2, 0.25) is 0 Å². The molecule has 15 heavy (non-hydrogen) atoms. The molecule has 0 spiro atoms. The molecule has 0 saturated carbocycles. The van der Waals surface area contributed by atoms with Crippen LogP contribution in [-0.2, 0) is 4.79 Å². The summed E-state index contributed by atoms with van der Waals surface area (Å²) in [6.45, 7) is 2.09. The van der Waals surface area contributed by atoms with E-state index >= 15 is 0 Å². The monoisotopic (exact) mass is 204 g/mol. The van der Waals surface area contributed by atoms with Crippen LogP contribution in [0.25, 0.3) is 0 Å². The van der Waals surface area contributed by atoms with Crippen molar-refractivity contribution in [3.05, 3.63) is 29.6 Å². The zero-order chi connectivity index (χ0) is 11.1. The summed E-state index contributed by atoms with van der Waals surface area (Å²) in [5.74, 6) is 0.0716. The van der Waals surface area contributed by atoms with Gasteiger partial charge in [0, 0.05) is 18.2 Å². The van der Waals surface area contributed by atoms with Gasteiger partial charge in [0.15, 0.2) is 5.78 Å². The van der Waals surface area contributed by atoms with E-state index in [1.807, 2.05) is 0 Å². The highest BCUT2D eigenvalue weighted by Gasteiger charge is 2.06. The largest absolute Gasteiger partial charge is 0.294 e.